The van der Waals surface area contributed by atoms with E-state index in [1.54, 1.807) is 24.3 Å². The van der Waals surface area contributed by atoms with Crippen molar-refractivity contribution in [3.63, 3.8) is 0 Å². The molecule has 0 saturated carbocycles. The smallest absolute Gasteiger partial charge is 0.232 e. The van der Waals surface area contributed by atoms with Crippen LogP contribution in [0, 0.1) is 0 Å². The number of halogens is 2. The minimum absolute atomic E-state index is 0.0982. The van der Waals surface area contributed by atoms with E-state index in [0.717, 1.165) is 0 Å². The van der Waals surface area contributed by atoms with Gasteiger partial charge < -0.3 is 4.74 Å². The topological polar surface area (TPSA) is 43.4 Å². The van der Waals surface area contributed by atoms with Crippen LogP contribution in [0.2, 0.25) is 5.02 Å². The zero-order valence-corrected chi connectivity index (χ0v) is 10.1. The van der Waals surface area contributed by atoms with Gasteiger partial charge in [0, 0.05) is 10.7 Å². The summed E-state index contributed by atoms with van der Waals surface area (Å²) < 4.78 is 26.5. The molecule has 1 aromatic carbocycles. The van der Waals surface area contributed by atoms with E-state index >= 15 is 0 Å². The first kappa shape index (κ1) is 12.6. The largest absolute Gasteiger partial charge is 0.492 e. The molecule has 0 heterocycles. The highest BCUT2D eigenvalue weighted by molar-refractivity contribution is 8.13. The molecule has 0 aliphatic carbocycles. The van der Waals surface area contributed by atoms with Crippen molar-refractivity contribution in [1.82, 2.24) is 0 Å². The summed E-state index contributed by atoms with van der Waals surface area (Å²) >= 11 is 5.82. The number of para-hydroxylation sites is 1. The monoisotopic (exact) mass is 268 g/mol. The van der Waals surface area contributed by atoms with E-state index in [-0.39, 0.29) is 12.4 Å². The van der Waals surface area contributed by atoms with Gasteiger partial charge in [0.25, 0.3) is 0 Å². The van der Waals surface area contributed by atoms with Crippen molar-refractivity contribution in [2.24, 2.45) is 0 Å². The van der Waals surface area contributed by atoms with Crippen molar-refractivity contribution in [1.29, 1.82) is 0 Å². The Hall–Kier alpha value is -0.450. The van der Waals surface area contributed by atoms with Gasteiger partial charge >= 0.3 is 0 Å². The molecule has 0 spiro atoms. The van der Waals surface area contributed by atoms with Gasteiger partial charge in [0.05, 0.1) is 17.4 Å². The maximum atomic E-state index is 10.6. The van der Waals surface area contributed by atoms with Crippen LogP contribution in [0.4, 0.5) is 0 Å². The van der Waals surface area contributed by atoms with Crippen molar-refractivity contribution in [3.8, 4) is 5.75 Å². The van der Waals surface area contributed by atoms with Crippen LogP contribution in [0.1, 0.15) is 6.42 Å². The van der Waals surface area contributed by atoms with Crippen LogP contribution in [0.25, 0.3) is 0 Å². The Kier molecular flexibility index (Phi) is 4.70. The van der Waals surface area contributed by atoms with Crippen molar-refractivity contribution < 1.29 is 13.2 Å². The summed E-state index contributed by atoms with van der Waals surface area (Å²) in [6.07, 6.45) is 0.344. The Morgan fingerprint density at radius 3 is 2.53 bits per heavy atom. The molecular weight excluding hydrogens is 259 g/mol. The second-order valence-corrected chi connectivity index (χ2v) is 6.18. The molecular formula is C9H10Cl2O3S. The number of hydrogen-bond acceptors (Lipinski definition) is 3. The zero-order chi connectivity index (χ0) is 11.3. The van der Waals surface area contributed by atoms with Crippen molar-refractivity contribution in [2.75, 3.05) is 12.4 Å². The Bertz CT molecular complexity index is 417. The maximum Gasteiger partial charge on any atom is 0.232 e. The molecule has 0 radical (unpaired) electrons. The van der Waals surface area contributed by atoms with Gasteiger partial charge in [-0.25, -0.2) is 8.42 Å². The van der Waals surface area contributed by atoms with Gasteiger partial charge in [-0.2, -0.15) is 0 Å². The standard InChI is InChI=1S/C9H10Cl2O3S/c10-8-4-1-2-5-9(8)14-6-3-7-15(11,12)13/h1-2,4-5H,3,6-7H2. The molecule has 0 bridgehead atoms. The highest BCUT2D eigenvalue weighted by atomic mass is 35.7. The van der Waals surface area contributed by atoms with E-state index in [1.165, 1.54) is 0 Å². The lowest BCUT2D eigenvalue weighted by Crippen LogP contribution is -2.04. The molecule has 3 nitrogen and oxygen atoms in total. The first-order chi connectivity index (χ1) is 6.99. The van der Waals surface area contributed by atoms with Gasteiger partial charge in [-0.15, -0.1) is 0 Å². The first-order valence-corrected chi connectivity index (χ1v) is 7.14. The predicted octanol–water partition coefficient (Wildman–Crippen LogP) is 2.68. The van der Waals surface area contributed by atoms with Gasteiger partial charge in [-0.3, -0.25) is 0 Å². The fourth-order valence-corrected chi connectivity index (χ4v) is 1.96. The van der Waals surface area contributed by atoms with Gasteiger partial charge in [0.2, 0.25) is 9.05 Å². The van der Waals surface area contributed by atoms with Gasteiger partial charge in [-0.05, 0) is 18.6 Å². The van der Waals surface area contributed by atoms with E-state index in [1.807, 2.05) is 0 Å². The minimum Gasteiger partial charge on any atom is -0.492 e. The summed E-state index contributed by atoms with van der Waals surface area (Å²) in [6, 6.07) is 7.00. The maximum absolute atomic E-state index is 10.6. The summed E-state index contributed by atoms with van der Waals surface area (Å²) in [4.78, 5) is 0. The molecule has 1 rings (SSSR count). The highest BCUT2D eigenvalue weighted by Crippen LogP contribution is 2.23. The normalized spacial score (nSPS) is 11.3. The second-order valence-electron chi connectivity index (χ2n) is 2.88. The molecule has 1 aromatic rings. The number of ether oxygens (including phenoxy) is 1. The van der Waals surface area contributed by atoms with E-state index in [2.05, 4.69) is 0 Å². The molecule has 0 saturated heterocycles. The molecule has 6 heteroatoms. The van der Waals surface area contributed by atoms with E-state index in [0.29, 0.717) is 17.2 Å². The average molecular weight is 269 g/mol. The van der Waals surface area contributed by atoms with E-state index in [4.69, 9.17) is 27.0 Å². The van der Waals surface area contributed by atoms with Crippen LogP contribution < -0.4 is 4.74 Å². The lowest BCUT2D eigenvalue weighted by Gasteiger charge is -2.06. The lowest BCUT2D eigenvalue weighted by atomic mass is 10.3. The molecule has 0 N–H and O–H groups in total. The number of hydrogen-bond donors (Lipinski definition) is 0. The van der Waals surface area contributed by atoms with Gasteiger partial charge in [0.1, 0.15) is 5.75 Å². The summed E-state index contributed by atoms with van der Waals surface area (Å²) in [5.74, 6) is 0.449. The van der Waals surface area contributed by atoms with Crippen LogP contribution in [0.5, 0.6) is 5.75 Å². The van der Waals surface area contributed by atoms with Crippen LogP contribution in [-0.2, 0) is 9.05 Å². The molecule has 0 aliphatic rings. The molecule has 0 aromatic heterocycles. The molecule has 84 valence electrons. The molecule has 0 unspecified atom stereocenters. The predicted molar refractivity (Wildman–Crippen MR) is 61.2 cm³/mol. The number of benzene rings is 1. The Morgan fingerprint density at radius 1 is 1.27 bits per heavy atom. The minimum atomic E-state index is -3.43. The Balaban J connectivity index is 2.36. The van der Waals surface area contributed by atoms with Crippen molar-refractivity contribution >= 4 is 31.3 Å². The third-order valence-corrected chi connectivity index (χ3v) is 3.18. The van der Waals surface area contributed by atoms with E-state index < -0.39 is 9.05 Å². The second kappa shape index (κ2) is 5.58. The average Bonchev–Trinajstić information content (AvgIpc) is 2.13. The molecule has 0 fully saturated rings. The van der Waals surface area contributed by atoms with Gasteiger partial charge in [0.15, 0.2) is 0 Å². The van der Waals surface area contributed by atoms with Crippen LogP contribution in [0.15, 0.2) is 24.3 Å². The van der Waals surface area contributed by atoms with Crippen LogP contribution in [-0.4, -0.2) is 20.8 Å². The third-order valence-electron chi connectivity index (χ3n) is 1.63. The summed E-state index contributed by atoms with van der Waals surface area (Å²) in [7, 11) is 1.61. The third kappa shape index (κ3) is 5.25. The van der Waals surface area contributed by atoms with E-state index in [9.17, 15) is 8.42 Å². The zero-order valence-electron chi connectivity index (χ0n) is 7.82. The molecule has 0 atom stereocenters. The lowest BCUT2D eigenvalue weighted by molar-refractivity contribution is 0.318. The highest BCUT2D eigenvalue weighted by Gasteiger charge is 2.05. The Morgan fingerprint density at radius 2 is 1.93 bits per heavy atom. The Labute approximate surface area is 98.4 Å². The fourth-order valence-electron chi connectivity index (χ4n) is 0.975. The summed E-state index contributed by atoms with van der Waals surface area (Å²) in [5, 5.41) is 0.506. The number of rotatable bonds is 5. The van der Waals surface area contributed by atoms with Crippen molar-refractivity contribution in [2.45, 2.75) is 6.42 Å². The molecule has 15 heavy (non-hydrogen) atoms. The fraction of sp³-hybridized carbons (Fsp3) is 0.333. The molecule has 0 amide bonds. The quantitative estimate of drug-likeness (QED) is 0.609. The first-order valence-electron chi connectivity index (χ1n) is 4.29. The van der Waals surface area contributed by atoms with Crippen LogP contribution in [0.3, 0.4) is 0 Å². The summed E-state index contributed by atoms with van der Waals surface area (Å²) in [6.45, 7) is 0.273. The summed E-state index contributed by atoms with van der Waals surface area (Å²) in [5.41, 5.74) is 0. The van der Waals surface area contributed by atoms with Crippen LogP contribution >= 0.6 is 22.3 Å². The van der Waals surface area contributed by atoms with Gasteiger partial charge in [-0.1, -0.05) is 23.7 Å². The molecule has 0 aliphatic heterocycles. The SMILES string of the molecule is O=S(=O)(Cl)CCCOc1ccccc1Cl. The van der Waals surface area contributed by atoms with Crippen molar-refractivity contribution in [3.05, 3.63) is 29.3 Å².